The zero-order valence-electron chi connectivity index (χ0n) is 12.4. The topological polar surface area (TPSA) is 58.2 Å². The van der Waals surface area contributed by atoms with Gasteiger partial charge in [0.05, 0.1) is 12.3 Å². The van der Waals surface area contributed by atoms with E-state index in [1.165, 1.54) is 0 Å². The second-order valence-electron chi connectivity index (χ2n) is 5.46. The lowest BCUT2D eigenvalue weighted by atomic mass is 9.95. The third-order valence-corrected chi connectivity index (χ3v) is 3.92. The molecule has 1 aliphatic heterocycles. The quantitative estimate of drug-likeness (QED) is 0.909. The SMILES string of the molecule is CC[C@@H](C(=O)Nc1ccc2c(c1)CC(=O)N2)c1ccccc1. The summed E-state index contributed by atoms with van der Waals surface area (Å²) in [5.74, 6) is -0.200. The zero-order chi connectivity index (χ0) is 15.5. The van der Waals surface area contributed by atoms with Crippen molar-refractivity contribution in [3.05, 3.63) is 59.7 Å². The number of fused-ring (bicyclic) bond motifs is 1. The minimum atomic E-state index is -0.172. The van der Waals surface area contributed by atoms with E-state index in [-0.39, 0.29) is 17.7 Å². The lowest BCUT2D eigenvalue weighted by Crippen LogP contribution is -2.20. The van der Waals surface area contributed by atoms with Crippen molar-refractivity contribution in [3.8, 4) is 0 Å². The van der Waals surface area contributed by atoms with Crippen LogP contribution in [-0.4, -0.2) is 11.8 Å². The van der Waals surface area contributed by atoms with Crippen LogP contribution in [0, 0.1) is 0 Å². The molecule has 2 aromatic rings. The summed E-state index contributed by atoms with van der Waals surface area (Å²) >= 11 is 0. The molecular weight excluding hydrogens is 276 g/mol. The third kappa shape index (κ3) is 2.86. The molecule has 2 aromatic carbocycles. The first-order valence-corrected chi connectivity index (χ1v) is 7.46. The standard InChI is InChI=1S/C18H18N2O2/c1-2-15(12-6-4-3-5-7-12)18(22)19-14-8-9-16-13(10-14)11-17(21)20-16/h3-10,15H,2,11H2,1H3,(H,19,22)(H,20,21)/t15-/m1/s1. The smallest absolute Gasteiger partial charge is 0.231 e. The van der Waals surface area contributed by atoms with Crippen LogP contribution in [0.1, 0.15) is 30.4 Å². The highest BCUT2D eigenvalue weighted by molar-refractivity contribution is 6.01. The highest BCUT2D eigenvalue weighted by atomic mass is 16.2. The van der Waals surface area contributed by atoms with Gasteiger partial charge < -0.3 is 10.6 Å². The molecule has 0 saturated heterocycles. The molecule has 0 bridgehead atoms. The number of carbonyl (C=O) groups excluding carboxylic acids is 2. The molecule has 0 aromatic heterocycles. The lowest BCUT2D eigenvalue weighted by molar-refractivity contribution is -0.117. The van der Waals surface area contributed by atoms with E-state index in [1.54, 1.807) is 0 Å². The Morgan fingerprint density at radius 2 is 2.00 bits per heavy atom. The van der Waals surface area contributed by atoms with Gasteiger partial charge in [0.15, 0.2) is 0 Å². The molecule has 4 nitrogen and oxygen atoms in total. The van der Waals surface area contributed by atoms with Gasteiger partial charge in [0.25, 0.3) is 0 Å². The van der Waals surface area contributed by atoms with E-state index in [1.807, 2.05) is 55.5 Å². The first-order valence-electron chi connectivity index (χ1n) is 7.46. The van der Waals surface area contributed by atoms with Crippen LogP contribution in [0.25, 0.3) is 0 Å². The molecule has 0 saturated carbocycles. The molecule has 112 valence electrons. The summed E-state index contributed by atoms with van der Waals surface area (Å²) < 4.78 is 0. The number of amides is 2. The zero-order valence-corrected chi connectivity index (χ0v) is 12.4. The summed E-state index contributed by atoms with van der Waals surface area (Å²) in [6.45, 7) is 2.00. The number of carbonyl (C=O) groups is 2. The Balaban J connectivity index is 1.77. The van der Waals surface area contributed by atoms with Crippen molar-refractivity contribution in [2.45, 2.75) is 25.7 Å². The largest absolute Gasteiger partial charge is 0.326 e. The maximum absolute atomic E-state index is 12.5. The lowest BCUT2D eigenvalue weighted by Gasteiger charge is -2.15. The molecule has 0 aliphatic carbocycles. The highest BCUT2D eigenvalue weighted by Gasteiger charge is 2.21. The number of rotatable bonds is 4. The van der Waals surface area contributed by atoms with Crippen molar-refractivity contribution in [2.24, 2.45) is 0 Å². The highest BCUT2D eigenvalue weighted by Crippen LogP contribution is 2.27. The maximum Gasteiger partial charge on any atom is 0.231 e. The number of hydrogen-bond donors (Lipinski definition) is 2. The van der Waals surface area contributed by atoms with Crippen LogP contribution in [0.5, 0.6) is 0 Å². The number of hydrogen-bond acceptors (Lipinski definition) is 2. The average Bonchev–Trinajstić information content (AvgIpc) is 2.88. The van der Waals surface area contributed by atoms with E-state index >= 15 is 0 Å². The van der Waals surface area contributed by atoms with Gasteiger partial charge in [0.1, 0.15) is 0 Å². The molecule has 1 heterocycles. The average molecular weight is 294 g/mol. The fourth-order valence-corrected chi connectivity index (χ4v) is 2.79. The minimum Gasteiger partial charge on any atom is -0.326 e. The minimum absolute atomic E-state index is 0.00537. The van der Waals surface area contributed by atoms with E-state index in [0.29, 0.717) is 6.42 Å². The first-order chi connectivity index (χ1) is 10.7. The van der Waals surface area contributed by atoms with Gasteiger partial charge >= 0.3 is 0 Å². The summed E-state index contributed by atoms with van der Waals surface area (Å²) in [7, 11) is 0. The van der Waals surface area contributed by atoms with Gasteiger partial charge in [0.2, 0.25) is 11.8 Å². The van der Waals surface area contributed by atoms with E-state index < -0.39 is 0 Å². The van der Waals surface area contributed by atoms with Gasteiger partial charge in [-0.25, -0.2) is 0 Å². The molecule has 0 radical (unpaired) electrons. The van der Waals surface area contributed by atoms with Crippen LogP contribution in [0.4, 0.5) is 11.4 Å². The Kier molecular flexibility index (Phi) is 3.92. The fraction of sp³-hybridized carbons (Fsp3) is 0.222. The predicted octanol–water partition coefficient (Wildman–Crippen LogP) is 3.31. The number of nitrogens with one attached hydrogen (secondary N) is 2. The predicted molar refractivity (Wildman–Crippen MR) is 86.9 cm³/mol. The van der Waals surface area contributed by atoms with Crippen LogP contribution in [0.2, 0.25) is 0 Å². The summed E-state index contributed by atoms with van der Waals surface area (Å²) in [6, 6.07) is 15.3. The fourth-order valence-electron chi connectivity index (χ4n) is 2.79. The monoisotopic (exact) mass is 294 g/mol. The summed E-state index contributed by atoms with van der Waals surface area (Å²) in [5.41, 5.74) is 3.50. The molecule has 1 atom stereocenters. The van der Waals surface area contributed by atoms with E-state index in [2.05, 4.69) is 10.6 Å². The van der Waals surface area contributed by atoms with Crippen molar-refractivity contribution >= 4 is 23.2 Å². The Morgan fingerprint density at radius 1 is 1.23 bits per heavy atom. The van der Waals surface area contributed by atoms with Crippen molar-refractivity contribution in [1.82, 2.24) is 0 Å². The molecular formula is C18H18N2O2. The van der Waals surface area contributed by atoms with Crippen molar-refractivity contribution in [3.63, 3.8) is 0 Å². The third-order valence-electron chi connectivity index (χ3n) is 3.92. The Bertz CT molecular complexity index is 710. The van der Waals surface area contributed by atoms with Crippen LogP contribution < -0.4 is 10.6 Å². The Hall–Kier alpha value is -2.62. The van der Waals surface area contributed by atoms with Crippen molar-refractivity contribution in [1.29, 1.82) is 0 Å². The van der Waals surface area contributed by atoms with Gasteiger partial charge in [-0.1, -0.05) is 37.3 Å². The molecule has 4 heteroatoms. The maximum atomic E-state index is 12.5. The first kappa shape index (κ1) is 14.3. The summed E-state index contributed by atoms with van der Waals surface area (Å²) in [6.07, 6.45) is 1.11. The van der Waals surface area contributed by atoms with Gasteiger partial charge in [-0.05, 0) is 35.7 Å². The van der Waals surface area contributed by atoms with E-state index in [9.17, 15) is 9.59 Å². The van der Waals surface area contributed by atoms with Gasteiger partial charge in [0, 0.05) is 11.4 Å². The number of anilines is 2. The Labute approximate surface area is 129 Å². The second kappa shape index (κ2) is 6.02. The second-order valence-corrected chi connectivity index (χ2v) is 5.46. The van der Waals surface area contributed by atoms with Gasteiger partial charge in [-0.3, -0.25) is 9.59 Å². The Morgan fingerprint density at radius 3 is 2.73 bits per heavy atom. The molecule has 2 N–H and O–H groups in total. The van der Waals surface area contributed by atoms with Crippen LogP contribution in [0.3, 0.4) is 0 Å². The molecule has 1 aliphatic rings. The van der Waals surface area contributed by atoms with Gasteiger partial charge in [-0.2, -0.15) is 0 Å². The van der Waals surface area contributed by atoms with Crippen molar-refractivity contribution in [2.75, 3.05) is 10.6 Å². The molecule has 0 spiro atoms. The normalized spacial score (nSPS) is 14.1. The van der Waals surface area contributed by atoms with E-state index in [4.69, 9.17) is 0 Å². The van der Waals surface area contributed by atoms with Crippen LogP contribution >= 0.6 is 0 Å². The van der Waals surface area contributed by atoms with Crippen LogP contribution in [-0.2, 0) is 16.0 Å². The molecule has 3 rings (SSSR count). The number of benzene rings is 2. The molecule has 2 amide bonds. The molecule has 0 fully saturated rings. The molecule has 0 unspecified atom stereocenters. The van der Waals surface area contributed by atoms with Crippen LogP contribution in [0.15, 0.2) is 48.5 Å². The van der Waals surface area contributed by atoms with E-state index in [0.717, 1.165) is 28.9 Å². The summed E-state index contributed by atoms with van der Waals surface area (Å²) in [5, 5.41) is 5.74. The molecule has 22 heavy (non-hydrogen) atoms. The summed E-state index contributed by atoms with van der Waals surface area (Å²) in [4.78, 5) is 23.9. The van der Waals surface area contributed by atoms with Crippen molar-refractivity contribution < 1.29 is 9.59 Å². The van der Waals surface area contributed by atoms with Gasteiger partial charge in [-0.15, -0.1) is 0 Å².